The van der Waals surface area contributed by atoms with Gasteiger partial charge in [0.05, 0.1) is 0 Å². The van der Waals surface area contributed by atoms with Crippen molar-refractivity contribution in [1.29, 1.82) is 0 Å². The molecule has 2 saturated carbocycles. The number of aromatic nitrogens is 1. The van der Waals surface area contributed by atoms with E-state index >= 15 is 0 Å². The Morgan fingerprint density at radius 3 is 2.88 bits per heavy atom. The summed E-state index contributed by atoms with van der Waals surface area (Å²) in [5, 5.41) is 0. The fraction of sp³-hybridized carbons (Fsp3) is 0.643. The van der Waals surface area contributed by atoms with Gasteiger partial charge in [-0.2, -0.15) is 0 Å². The third-order valence-corrected chi connectivity index (χ3v) is 4.98. The molecule has 0 aromatic carbocycles. The quantitative estimate of drug-likeness (QED) is 0.820. The maximum Gasteiger partial charge on any atom is 0.253 e. The van der Waals surface area contributed by atoms with Crippen LogP contribution in [0.5, 0.6) is 0 Å². The number of fused-ring (bicyclic) bond motifs is 2. The van der Waals surface area contributed by atoms with E-state index in [1.807, 2.05) is 23.8 Å². The minimum atomic E-state index is 0.177. The minimum absolute atomic E-state index is 0.177. The summed E-state index contributed by atoms with van der Waals surface area (Å²) >= 11 is 3.48. The molecule has 3 atom stereocenters. The lowest BCUT2D eigenvalue weighted by Crippen LogP contribution is -2.27. The molecular weight excluding hydrogens is 278 g/mol. The third kappa shape index (κ3) is 2.10. The second-order valence-electron chi connectivity index (χ2n) is 5.73. The Hall–Kier alpha value is -0.570. The van der Waals surface area contributed by atoms with Crippen LogP contribution in [0.3, 0.4) is 0 Å². The van der Waals surface area contributed by atoms with Crippen LogP contribution in [0.25, 0.3) is 0 Å². The zero-order valence-corrected chi connectivity index (χ0v) is 11.7. The second kappa shape index (κ2) is 4.27. The highest BCUT2D eigenvalue weighted by Gasteiger charge is 2.39. The van der Waals surface area contributed by atoms with Crippen molar-refractivity contribution in [3.63, 3.8) is 0 Å². The molecule has 0 spiro atoms. The first kappa shape index (κ1) is 11.5. The zero-order valence-electron chi connectivity index (χ0n) is 10.2. The predicted octanol–water partition coefficient (Wildman–Crippen LogP) is 3.36. The zero-order chi connectivity index (χ0) is 12.0. The Bertz CT molecular complexity index is 493. The van der Waals surface area contributed by atoms with E-state index in [9.17, 15) is 4.79 Å². The van der Waals surface area contributed by atoms with Gasteiger partial charge in [0, 0.05) is 22.8 Å². The van der Waals surface area contributed by atoms with Gasteiger partial charge in [-0.3, -0.25) is 4.79 Å². The van der Waals surface area contributed by atoms with Crippen LogP contribution >= 0.6 is 15.9 Å². The number of rotatable bonds is 2. The molecule has 2 fully saturated rings. The molecule has 3 rings (SSSR count). The van der Waals surface area contributed by atoms with E-state index in [4.69, 9.17) is 0 Å². The number of hydrogen-bond acceptors (Lipinski definition) is 1. The van der Waals surface area contributed by atoms with E-state index in [0.29, 0.717) is 0 Å². The van der Waals surface area contributed by atoms with Crippen LogP contribution in [-0.4, -0.2) is 4.57 Å². The summed E-state index contributed by atoms with van der Waals surface area (Å²) in [6, 6.07) is 1.90. The van der Waals surface area contributed by atoms with Crippen molar-refractivity contribution in [3.05, 3.63) is 32.7 Å². The summed E-state index contributed by atoms with van der Waals surface area (Å²) in [6.07, 6.45) is 7.50. The number of pyridine rings is 1. The molecule has 17 heavy (non-hydrogen) atoms. The fourth-order valence-corrected chi connectivity index (χ4v) is 4.32. The van der Waals surface area contributed by atoms with E-state index in [0.717, 1.165) is 34.3 Å². The summed E-state index contributed by atoms with van der Waals surface area (Å²) in [6.45, 7) is 2.81. The van der Waals surface area contributed by atoms with Crippen molar-refractivity contribution in [3.8, 4) is 0 Å². The number of hydrogen-bond donors (Lipinski definition) is 0. The number of halogens is 1. The van der Waals surface area contributed by atoms with E-state index in [1.165, 1.54) is 25.7 Å². The highest BCUT2D eigenvalue weighted by atomic mass is 79.9. The van der Waals surface area contributed by atoms with Gasteiger partial charge in [-0.15, -0.1) is 0 Å². The Balaban J connectivity index is 1.84. The van der Waals surface area contributed by atoms with E-state index in [2.05, 4.69) is 15.9 Å². The van der Waals surface area contributed by atoms with Crippen molar-refractivity contribution >= 4 is 15.9 Å². The van der Waals surface area contributed by atoms with E-state index in [-0.39, 0.29) is 5.56 Å². The molecule has 2 nitrogen and oxygen atoms in total. The topological polar surface area (TPSA) is 22.0 Å². The van der Waals surface area contributed by atoms with Gasteiger partial charge >= 0.3 is 0 Å². The van der Waals surface area contributed by atoms with Gasteiger partial charge in [-0.25, -0.2) is 0 Å². The van der Waals surface area contributed by atoms with Crippen molar-refractivity contribution in [2.45, 2.75) is 39.2 Å². The molecule has 2 bridgehead atoms. The molecule has 2 aliphatic rings. The number of aryl methyl sites for hydroxylation is 1. The lowest BCUT2D eigenvalue weighted by Gasteiger charge is -2.22. The Morgan fingerprint density at radius 2 is 2.24 bits per heavy atom. The Kier molecular flexibility index (Phi) is 2.89. The Morgan fingerprint density at radius 1 is 1.41 bits per heavy atom. The van der Waals surface area contributed by atoms with Crippen molar-refractivity contribution < 1.29 is 0 Å². The van der Waals surface area contributed by atoms with Gasteiger partial charge in [0.25, 0.3) is 5.56 Å². The summed E-state index contributed by atoms with van der Waals surface area (Å²) in [5.41, 5.74) is 1.01. The van der Waals surface area contributed by atoms with Crippen LogP contribution in [0.1, 0.15) is 31.2 Å². The summed E-state index contributed by atoms with van der Waals surface area (Å²) in [7, 11) is 0. The van der Waals surface area contributed by atoms with Gasteiger partial charge in [0.2, 0.25) is 0 Å². The van der Waals surface area contributed by atoms with Crippen LogP contribution in [0, 0.1) is 24.7 Å². The molecule has 0 aliphatic heterocycles. The molecule has 3 unspecified atom stereocenters. The highest BCUT2D eigenvalue weighted by Crippen LogP contribution is 2.48. The molecule has 1 aromatic rings. The molecule has 0 amide bonds. The highest BCUT2D eigenvalue weighted by molar-refractivity contribution is 9.10. The molecule has 1 aromatic heterocycles. The van der Waals surface area contributed by atoms with Crippen molar-refractivity contribution in [2.75, 3.05) is 0 Å². The normalized spacial score (nSPS) is 31.1. The van der Waals surface area contributed by atoms with E-state index < -0.39 is 0 Å². The van der Waals surface area contributed by atoms with Crippen molar-refractivity contribution in [1.82, 2.24) is 4.57 Å². The maximum absolute atomic E-state index is 12.1. The molecule has 2 aliphatic carbocycles. The number of nitrogens with zero attached hydrogens (tertiary/aromatic N) is 1. The molecule has 92 valence electrons. The van der Waals surface area contributed by atoms with Crippen LogP contribution in [0.15, 0.2) is 21.5 Å². The van der Waals surface area contributed by atoms with Gasteiger partial charge in [0.1, 0.15) is 0 Å². The monoisotopic (exact) mass is 295 g/mol. The van der Waals surface area contributed by atoms with Crippen LogP contribution in [0.4, 0.5) is 0 Å². The molecule has 0 radical (unpaired) electrons. The second-order valence-corrected chi connectivity index (χ2v) is 6.65. The van der Waals surface area contributed by atoms with Crippen LogP contribution < -0.4 is 5.56 Å². The largest absolute Gasteiger partial charge is 0.314 e. The Labute approximate surface area is 110 Å². The molecule has 1 heterocycles. The third-order valence-electron chi connectivity index (χ3n) is 4.55. The van der Waals surface area contributed by atoms with Crippen LogP contribution in [-0.2, 0) is 6.54 Å². The van der Waals surface area contributed by atoms with Gasteiger partial charge in [-0.1, -0.05) is 6.42 Å². The lowest BCUT2D eigenvalue weighted by atomic mass is 9.89. The predicted molar refractivity (Wildman–Crippen MR) is 72.1 cm³/mol. The minimum Gasteiger partial charge on any atom is -0.314 e. The first-order chi connectivity index (χ1) is 8.13. The van der Waals surface area contributed by atoms with Crippen molar-refractivity contribution in [2.24, 2.45) is 17.8 Å². The molecule has 0 N–H and O–H groups in total. The van der Waals surface area contributed by atoms with Gasteiger partial charge in [-0.05, 0) is 65.9 Å². The molecule has 0 saturated heterocycles. The van der Waals surface area contributed by atoms with Crippen LogP contribution in [0.2, 0.25) is 0 Å². The molecule has 3 heteroatoms. The first-order valence-corrected chi connectivity index (χ1v) is 7.29. The van der Waals surface area contributed by atoms with Gasteiger partial charge < -0.3 is 4.57 Å². The summed E-state index contributed by atoms with van der Waals surface area (Å²) < 4.78 is 2.92. The first-order valence-electron chi connectivity index (χ1n) is 6.50. The maximum atomic E-state index is 12.1. The van der Waals surface area contributed by atoms with Gasteiger partial charge in [0.15, 0.2) is 0 Å². The fourth-order valence-electron chi connectivity index (χ4n) is 3.73. The average molecular weight is 296 g/mol. The lowest BCUT2D eigenvalue weighted by molar-refractivity contribution is 0.292. The average Bonchev–Trinajstić information content (AvgIpc) is 2.87. The van der Waals surface area contributed by atoms with E-state index in [1.54, 1.807) is 0 Å². The SMILES string of the molecule is Cc1cc(Br)cn(CC2CC3CCC2C3)c1=O. The standard InChI is InChI=1S/C14H18BrNO/c1-9-4-13(15)8-16(14(9)17)7-12-6-10-2-3-11(12)5-10/h4,8,10-12H,2-3,5-7H2,1H3. The molecular formula is C14H18BrNO. The summed E-state index contributed by atoms with van der Waals surface area (Å²) in [4.78, 5) is 12.1. The smallest absolute Gasteiger partial charge is 0.253 e. The summed E-state index contributed by atoms with van der Waals surface area (Å²) in [5.74, 6) is 2.57.